The number of rotatable bonds is 2. The van der Waals surface area contributed by atoms with Crippen molar-refractivity contribution in [2.24, 2.45) is 5.10 Å². The van der Waals surface area contributed by atoms with E-state index in [1.54, 1.807) is 12.1 Å². The van der Waals surface area contributed by atoms with E-state index in [2.05, 4.69) is 22.9 Å². The Bertz CT molecular complexity index is 541. The van der Waals surface area contributed by atoms with Crippen LogP contribution in [0.15, 0.2) is 29.4 Å². The van der Waals surface area contributed by atoms with Crippen molar-refractivity contribution in [2.75, 3.05) is 25.5 Å². The van der Waals surface area contributed by atoms with Gasteiger partial charge in [-0.05, 0) is 19.1 Å². The van der Waals surface area contributed by atoms with Gasteiger partial charge in [0.05, 0.1) is 20.1 Å². The number of anilines is 1. The number of benzene rings is 1. The molecule has 2 rings (SSSR count). The molecule has 1 fully saturated rings. The number of piperidine rings is 1. The monoisotopic (exact) mass is 289 g/mol. The third-order valence-electron chi connectivity index (χ3n) is 3.51. The Hall–Kier alpha value is -2.21. The van der Waals surface area contributed by atoms with Crippen LogP contribution in [0.2, 0.25) is 0 Å². The normalized spacial score (nSPS) is 18.0. The van der Waals surface area contributed by atoms with Crippen LogP contribution in [0.4, 0.5) is 5.69 Å². The lowest BCUT2D eigenvalue weighted by Gasteiger charge is -2.20. The molecular weight excluding hydrogens is 268 g/mol. The molecule has 0 unspecified atom stereocenters. The number of nitrogens with zero attached hydrogens (tertiary/aromatic N) is 1. The summed E-state index contributed by atoms with van der Waals surface area (Å²) in [5.41, 5.74) is 4.95. The number of hydrogen-bond donors (Lipinski definition) is 3. The van der Waals surface area contributed by atoms with Gasteiger partial charge in [0, 0.05) is 24.2 Å². The number of nitrogens with one attached hydrogen (secondary N) is 3. The highest BCUT2D eigenvalue weighted by atomic mass is 16.2. The Morgan fingerprint density at radius 1 is 1.10 bits per heavy atom. The highest BCUT2D eigenvalue weighted by molar-refractivity contribution is 6.39. The van der Waals surface area contributed by atoms with Crippen molar-refractivity contribution < 1.29 is 14.5 Å². The molecule has 1 aliphatic rings. The lowest BCUT2D eigenvalue weighted by Crippen LogP contribution is -3.10. The zero-order valence-corrected chi connectivity index (χ0v) is 12.4. The fraction of sp³-hybridized carbons (Fsp3) is 0.400. The minimum Gasteiger partial charge on any atom is -0.337 e. The van der Waals surface area contributed by atoms with Gasteiger partial charge in [-0.25, -0.2) is 5.43 Å². The summed E-state index contributed by atoms with van der Waals surface area (Å²) in [6.45, 7) is 3.96. The number of hydrogen-bond acceptors (Lipinski definition) is 3. The van der Waals surface area contributed by atoms with E-state index in [1.165, 1.54) is 4.90 Å². The number of carbonyl (C=O) groups excluding carboxylic acids is 2. The molecule has 1 saturated heterocycles. The summed E-state index contributed by atoms with van der Waals surface area (Å²) < 4.78 is 0. The van der Waals surface area contributed by atoms with Crippen LogP contribution < -0.4 is 15.6 Å². The van der Waals surface area contributed by atoms with Gasteiger partial charge in [-0.2, -0.15) is 5.10 Å². The molecule has 21 heavy (non-hydrogen) atoms. The maximum absolute atomic E-state index is 11.7. The minimum atomic E-state index is -0.741. The average Bonchev–Trinajstić information content (AvgIpc) is 2.48. The lowest BCUT2D eigenvalue weighted by atomic mass is 10.1. The van der Waals surface area contributed by atoms with Crippen LogP contribution in [0, 0.1) is 6.92 Å². The molecule has 1 aliphatic heterocycles. The maximum atomic E-state index is 11.7. The topological polar surface area (TPSA) is 75.0 Å². The van der Waals surface area contributed by atoms with Crippen LogP contribution in [0.25, 0.3) is 0 Å². The van der Waals surface area contributed by atoms with E-state index >= 15 is 0 Å². The first-order valence-electron chi connectivity index (χ1n) is 7.09. The average molecular weight is 289 g/mol. The Morgan fingerprint density at radius 3 is 2.33 bits per heavy atom. The van der Waals surface area contributed by atoms with Gasteiger partial charge in [0.2, 0.25) is 0 Å². The zero-order valence-electron chi connectivity index (χ0n) is 12.4. The van der Waals surface area contributed by atoms with E-state index in [0.717, 1.165) is 37.2 Å². The first-order valence-corrected chi connectivity index (χ1v) is 7.09. The minimum absolute atomic E-state index is 0.594. The first-order chi connectivity index (χ1) is 10.0. The van der Waals surface area contributed by atoms with Crippen LogP contribution in [-0.2, 0) is 9.59 Å². The molecule has 1 aromatic rings. The van der Waals surface area contributed by atoms with Crippen molar-refractivity contribution in [2.45, 2.75) is 19.8 Å². The highest BCUT2D eigenvalue weighted by Gasteiger charge is 2.16. The van der Waals surface area contributed by atoms with E-state index in [1.807, 2.05) is 19.1 Å². The van der Waals surface area contributed by atoms with E-state index in [9.17, 15) is 9.59 Å². The largest absolute Gasteiger partial charge is 0.337 e. The van der Waals surface area contributed by atoms with Gasteiger partial charge in [-0.1, -0.05) is 17.7 Å². The molecule has 112 valence electrons. The summed E-state index contributed by atoms with van der Waals surface area (Å²) in [6.07, 6.45) is 1.71. The summed E-state index contributed by atoms with van der Waals surface area (Å²) in [5, 5.41) is 6.58. The van der Waals surface area contributed by atoms with Crippen LogP contribution in [0.3, 0.4) is 0 Å². The predicted molar refractivity (Wildman–Crippen MR) is 81.2 cm³/mol. The van der Waals surface area contributed by atoms with Crippen molar-refractivity contribution >= 4 is 23.2 Å². The molecule has 1 heterocycles. The molecule has 0 atom stereocenters. The number of aryl methyl sites for hydroxylation is 1. The molecule has 0 spiro atoms. The SMILES string of the molecule is Cc1ccc(NC(=O)C(=O)NN=C2CC[NH+](C)CC2)cc1. The second kappa shape index (κ2) is 6.99. The molecule has 0 aliphatic carbocycles. The van der Waals surface area contributed by atoms with Crippen LogP contribution in [0.5, 0.6) is 0 Å². The van der Waals surface area contributed by atoms with Gasteiger partial charge in [0.1, 0.15) is 0 Å². The molecule has 0 bridgehead atoms. The molecule has 2 amide bonds. The van der Waals surface area contributed by atoms with Gasteiger partial charge >= 0.3 is 11.8 Å². The third-order valence-corrected chi connectivity index (χ3v) is 3.51. The molecule has 0 aromatic heterocycles. The van der Waals surface area contributed by atoms with E-state index in [4.69, 9.17) is 0 Å². The summed E-state index contributed by atoms with van der Waals surface area (Å²) in [5.74, 6) is -1.45. The molecule has 0 radical (unpaired) electrons. The van der Waals surface area contributed by atoms with E-state index in [-0.39, 0.29) is 0 Å². The van der Waals surface area contributed by atoms with Crippen molar-refractivity contribution in [3.05, 3.63) is 29.8 Å². The molecule has 3 N–H and O–H groups in total. The Balaban J connectivity index is 1.84. The number of hydrazone groups is 1. The molecule has 1 aromatic carbocycles. The van der Waals surface area contributed by atoms with Crippen molar-refractivity contribution in [1.82, 2.24) is 5.43 Å². The van der Waals surface area contributed by atoms with Gasteiger partial charge in [-0.15, -0.1) is 0 Å². The Morgan fingerprint density at radius 2 is 1.71 bits per heavy atom. The van der Waals surface area contributed by atoms with Crippen molar-refractivity contribution in [1.29, 1.82) is 0 Å². The van der Waals surface area contributed by atoms with Crippen LogP contribution >= 0.6 is 0 Å². The van der Waals surface area contributed by atoms with Crippen LogP contribution in [-0.4, -0.2) is 37.7 Å². The lowest BCUT2D eigenvalue weighted by molar-refractivity contribution is -0.880. The summed E-state index contributed by atoms with van der Waals surface area (Å²) >= 11 is 0. The second-order valence-electron chi connectivity index (χ2n) is 5.40. The Kier molecular flexibility index (Phi) is 5.05. The predicted octanol–water partition coefficient (Wildman–Crippen LogP) is -0.286. The summed E-state index contributed by atoms with van der Waals surface area (Å²) in [7, 11) is 2.13. The highest BCUT2D eigenvalue weighted by Crippen LogP contribution is 2.08. The zero-order chi connectivity index (χ0) is 15.2. The first kappa shape index (κ1) is 15.2. The quantitative estimate of drug-likeness (QED) is 0.517. The third kappa shape index (κ3) is 4.68. The van der Waals surface area contributed by atoms with Crippen molar-refractivity contribution in [3.63, 3.8) is 0 Å². The number of quaternary nitrogens is 1. The smallest absolute Gasteiger partial charge is 0.329 e. The number of likely N-dealkylation sites (tertiary alicyclic amines) is 1. The van der Waals surface area contributed by atoms with Gasteiger partial charge in [0.25, 0.3) is 0 Å². The second-order valence-corrected chi connectivity index (χ2v) is 5.40. The fourth-order valence-electron chi connectivity index (χ4n) is 2.08. The number of carbonyl (C=O) groups is 2. The summed E-state index contributed by atoms with van der Waals surface area (Å²) in [4.78, 5) is 24.9. The van der Waals surface area contributed by atoms with E-state index < -0.39 is 11.8 Å². The van der Waals surface area contributed by atoms with E-state index in [0.29, 0.717) is 5.69 Å². The van der Waals surface area contributed by atoms with Crippen molar-refractivity contribution in [3.8, 4) is 0 Å². The van der Waals surface area contributed by atoms with Gasteiger partial charge < -0.3 is 10.2 Å². The summed E-state index contributed by atoms with van der Waals surface area (Å²) in [6, 6.07) is 7.25. The fourth-order valence-corrected chi connectivity index (χ4v) is 2.08. The van der Waals surface area contributed by atoms with Crippen LogP contribution in [0.1, 0.15) is 18.4 Å². The van der Waals surface area contributed by atoms with Gasteiger partial charge in [-0.3, -0.25) is 9.59 Å². The Labute approximate surface area is 124 Å². The standard InChI is InChI=1S/C15H20N4O2/c1-11-3-5-12(6-4-11)16-14(20)15(21)18-17-13-7-9-19(2)10-8-13/h3-6H,7-10H2,1-2H3,(H,16,20)(H,18,21)/p+1. The molecule has 6 heteroatoms. The molecular formula is C15H21N4O2+. The molecule has 6 nitrogen and oxygen atoms in total. The molecule has 0 saturated carbocycles. The number of amides is 2. The van der Waals surface area contributed by atoms with Gasteiger partial charge in [0.15, 0.2) is 0 Å². The maximum Gasteiger partial charge on any atom is 0.329 e.